The Labute approximate surface area is 161 Å². The predicted octanol–water partition coefficient (Wildman–Crippen LogP) is 3.88. The van der Waals surface area contributed by atoms with Gasteiger partial charge in [-0.05, 0) is 62.3 Å². The maximum absolute atomic E-state index is 13.6. The van der Waals surface area contributed by atoms with Gasteiger partial charge in [-0.3, -0.25) is 15.6 Å². The van der Waals surface area contributed by atoms with Crippen LogP contribution in [0.3, 0.4) is 0 Å². The van der Waals surface area contributed by atoms with Crippen molar-refractivity contribution in [2.45, 2.75) is 26.9 Å². The van der Waals surface area contributed by atoms with Crippen molar-refractivity contribution in [2.24, 2.45) is 0 Å². The van der Waals surface area contributed by atoms with Gasteiger partial charge in [0, 0.05) is 0 Å². The molecule has 0 aliphatic heterocycles. The highest BCUT2D eigenvalue weighted by atomic mass is 35.5. The van der Waals surface area contributed by atoms with Gasteiger partial charge in [0.25, 0.3) is 5.91 Å². The minimum atomic E-state index is -0.924. The third kappa shape index (κ3) is 5.31. The summed E-state index contributed by atoms with van der Waals surface area (Å²) in [6.07, 6.45) is -0.924. The normalized spacial score (nSPS) is 11.4. The van der Waals surface area contributed by atoms with E-state index < -0.39 is 17.8 Å². The van der Waals surface area contributed by atoms with E-state index in [2.05, 4.69) is 16.2 Å². The average Bonchev–Trinajstić information content (AvgIpc) is 2.57. The zero-order chi connectivity index (χ0) is 19.3. The maximum Gasteiger partial charge on any atom is 0.279 e. The Balaban J connectivity index is 1.89. The molecule has 0 aliphatic carbocycles. The summed E-state index contributed by atoms with van der Waals surface area (Å²) in [7, 11) is 0. The van der Waals surface area contributed by atoms with Crippen molar-refractivity contribution >= 4 is 40.5 Å². The number of ether oxygens (including phenoxy) is 1. The number of thiocarbonyl (C=S) groups is 1. The number of para-hydroxylation sites is 1. The molecule has 26 heavy (non-hydrogen) atoms. The second kappa shape index (κ2) is 8.82. The Morgan fingerprint density at radius 1 is 1.23 bits per heavy atom. The molecule has 0 heterocycles. The van der Waals surface area contributed by atoms with Crippen LogP contribution in [-0.4, -0.2) is 17.1 Å². The number of anilines is 1. The number of amides is 1. The molecular formula is C18H19ClFN3O2S. The van der Waals surface area contributed by atoms with E-state index in [1.54, 1.807) is 6.07 Å². The number of hydrogen-bond donors (Lipinski definition) is 3. The highest BCUT2D eigenvalue weighted by molar-refractivity contribution is 7.80. The van der Waals surface area contributed by atoms with Gasteiger partial charge in [-0.15, -0.1) is 0 Å². The van der Waals surface area contributed by atoms with Crippen molar-refractivity contribution in [1.29, 1.82) is 0 Å². The minimum absolute atomic E-state index is 0.00193. The van der Waals surface area contributed by atoms with Crippen LogP contribution in [-0.2, 0) is 4.79 Å². The first-order chi connectivity index (χ1) is 12.3. The van der Waals surface area contributed by atoms with Gasteiger partial charge in [-0.2, -0.15) is 0 Å². The number of aryl methyl sites for hydroxylation is 2. The van der Waals surface area contributed by atoms with Crippen molar-refractivity contribution in [1.82, 2.24) is 10.9 Å². The fraction of sp³-hybridized carbons (Fsp3) is 0.222. The Morgan fingerprint density at radius 2 is 1.92 bits per heavy atom. The number of nitrogens with one attached hydrogen (secondary N) is 3. The van der Waals surface area contributed by atoms with Crippen LogP contribution < -0.4 is 20.9 Å². The van der Waals surface area contributed by atoms with Crippen molar-refractivity contribution in [3.05, 3.63) is 58.4 Å². The van der Waals surface area contributed by atoms with E-state index in [9.17, 15) is 9.18 Å². The second-order valence-corrected chi connectivity index (χ2v) is 6.51. The van der Waals surface area contributed by atoms with E-state index in [4.69, 9.17) is 28.6 Å². The van der Waals surface area contributed by atoms with Gasteiger partial charge in [0.2, 0.25) is 0 Å². The molecule has 0 radical (unpaired) electrons. The second-order valence-electron chi connectivity index (χ2n) is 5.70. The summed E-state index contributed by atoms with van der Waals surface area (Å²) in [5.41, 5.74) is 7.58. The Morgan fingerprint density at radius 3 is 2.58 bits per heavy atom. The third-order valence-electron chi connectivity index (χ3n) is 3.48. The first-order valence-corrected chi connectivity index (χ1v) is 8.61. The van der Waals surface area contributed by atoms with Crippen LogP contribution >= 0.6 is 23.8 Å². The minimum Gasteiger partial charge on any atom is -0.478 e. The largest absolute Gasteiger partial charge is 0.478 e. The van der Waals surface area contributed by atoms with Gasteiger partial charge in [-0.1, -0.05) is 29.8 Å². The summed E-state index contributed by atoms with van der Waals surface area (Å²) in [5.74, 6) is -1.05. The van der Waals surface area contributed by atoms with E-state index in [-0.39, 0.29) is 10.9 Å². The molecule has 8 heteroatoms. The molecule has 0 spiro atoms. The molecule has 0 aromatic heterocycles. The molecule has 138 valence electrons. The molecule has 0 bridgehead atoms. The van der Waals surface area contributed by atoms with Crippen LogP contribution in [0.25, 0.3) is 0 Å². The quantitative estimate of drug-likeness (QED) is 0.541. The van der Waals surface area contributed by atoms with Gasteiger partial charge in [0.05, 0.1) is 10.7 Å². The molecular weight excluding hydrogens is 377 g/mol. The van der Waals surface area contributed by atoms with Gasteiger partial charge >= 0.3 is 0 Å². The van der Waals surface area contributed by atoms with E-state index in [0.717, 1.165) is 11.1 Å². The lowest BCUT2D eigenvalue weighted by molar-refractivity contribution is -0.127. The topological polar surface area (TPSA) is 62.4 Å². The van der Waals surface area contributed by atoms with Crippen LogP contribution in [0.4, 0.5) is 10.1 Å². The van der Waals surface area contributed by atoms with Gasteiger partial charge in [0.1, 0.15) is 0 Å². The van der Waals surface area contributed by atoms with Gasteiger partial charge in [-0.25, -0.2) is 4.39 Å². The number of hydrazine groups is 1. The molecule has 2 aromatic rings. The molecule has 2 aromatic carbocycles. The molecule has 5 nitrogen and oxygen atoms in total. The monoisotopic (exact) mass is 395 g/mol. The molecule has 2 rings (SSSR count). The Hall–Kier alpha value is -2.38. The lowest BCUT2D eigenvalue weighted by Gasteiger charge is -2.18. The molecule has 0 aliphatic rings. The Kier molecular flexibility index (Phi) is 6.76. The summed E-state index contributed by atoms with van der Waals surface area (Å²) < 4.78 is 18.9. The van der Waals surface area contributed by atoms with Crippen molar-refractivity contribution < 1.29 is 13.9 Å². The van der Waals surface area contributed by atoms with E-state index in [1.165, 1.54) is 25.1 Å². The van der Waals surface area contributed by atoms with Gasteiger partial charge in [0.15, 0.2) is 22.8 Å². The van der Waals surface area contributed by atoms with Crippen LogP contribution in [0.15, 0.2) is 36.4 Å². The number of carbonyl (C=O) groups excluding carboxylic acids is 1. The van der Waals surface area contributed by atoms with Crippen molar-refractivity contribution in [3.63, 3.8) is 0 Å². The molecule has 0 saturated carbocycles. The van der Waals surface area contributed by atoms with Gasteiger partial charge < -0.3 is 10.1 Å². The molecule has 0 unspecified atom stereocenters. The first-order valence-electron chi connectivity index (χ1n) is 7.82. The van der Waals surface area contributed by atoms with Crippen LogP contribution in [0.5, 0.6) is 5.75 Å². The predicted molar refractivity (Wildman–Crippen MR) is 105 cm³/mol. The zero-order valence-electron chi connectivity index (χ0n) is 14.5. The Bertz CT molecular complexity index is 809. The number of halogens is 2. The standard InChI is InChI=1S/C18H19ClFN3O2S/c1-10-8-11(2)16(13(19)9-10)21-18(26)23-22-17(24)12(3)25-15-7-5-4-6-14(15)20/h4-9,12H,1-3H3,(H,22,24)(H2,21,23,26)/t12-/m0/s1. The molecule has 0 fully saturated rings. The SMILES string of the molecule is Cc1cc(C)c(NC(=S)NNC(=O)[C@H](C)Oc2ccccc2F)c(Cl)c1. The van der Waals surface area contributed by atoms with Crippen LogP contribution in [0.2, 0.25) is 5.02 Å². The van der Waals surface area contributed by atoms with E-state index in [1.807, 2.05) is 26.0 Å². The fourth-order valence-corrected chi connectivity index (χ4v) is 2.74. The van der Waals surface area contributed by atoms with Crippen molar-refractivity contribution in [2.75, 3.05) is 5.32 Å². The summed E-state index contributed by atoms with van der Waals surface area (Å²) in [5, 5.41) is 3.61. The summed E-state index contributed by atoms with van der Waals surface area (Å²) in [6.45, 7) is 5.34. The highest BCUT2D eigenvalue weighted by Crippen LogP contribution is 2.27. The summed E-state index contributed by atoms with van der Waals surface area (Å²) >= 11 is 11.4. The van der Waals surface area contributed by atoms with Crippen LogP contribution in [0, 0.1) is 19.7 Å². The maximum atomic E-state index is 13.6. The molecule has 1 amide bonds. The highest BCUT2D eigenvalue weighted by Gasteiger charge is 2.17. The number of carbonyl (C=O) groups is 1. The molecule has 1 atom stereocenters. The third-order valence-corrected chi connectivity index (χ3v) is 3.98. The molecule has 0 saturated heterocycles. The number of benzene rings is 2. The van der Waals surface area contributed by atoms with E-state index >= 15 is 0 Å². The smallest absolute Gasteiger partial charge is 0.279 e. The lowest BCUT2D eigenvalue weighted by atomic mass is 10.1. The zero-order valence-corrected chi connectivity index (χ0v) is 16.1. The molecule has 3 N–H and O–H groups in total. The lowest BCUT2D eigenvalue weighted by Crippen LogP contribution is -2.48. The van der Waals surface area contributed by atoms with E-state index in [0.29, 0.717) is 10.7 Å². The number of hydrogen-bond acceptors (Lipinski definition) is 3. The number of rotatable bonds is 4. The first kappa shape index (κ1) is 19.9. The van der Waals surface area contributed by atoms with Crippen molar-refractivity contribution in [3.8, 4) is 5.75 Å². The fourth-order valence-electron chi connectivity index (χ4n) is 2.22. The average molecular weight is 396 g/mol. The summed E-state index contributed by atoms with van der Waals surface area (Å²) in [6, 6.07) is 9.62. The summed E-state index contributed by atoms with van der Waals surface area (Å²) in [4.78, 5) is 12.1. The van der Waals surface area contributed by atoms with Crippen LogP contribution in [0.1, 0.15) is 18.1 Å².